The average molecular weight is 289 g/mol. The van der Waals surface area contributed by atoms with Crippen LogP contribution in [0, 0.1) is 13.8 Å². The number of hydrogen-bond donors (Lipinski definition) is 2. The minimum Gasteiger partial charge on any atom is -0.480 e. The van der Waals surface area contributed by atoms with Gasteiger partial charge in [0.2, 0.25) is 5.91 Å². The molecule has 21 heavy (non-hydrogen) atoms. The maximum atomic E-state index is 11.9. The number of carbonyl (C=O) groups excluding carboxylic acids is 1. The van der Waals surface area contributed by atoms with Gasteiger partial charge in [-0.15, -0.1) is 0 Å². The molecule has 0 aromatic heterocycles. The molecule has 1 aromatic rings. The van der Waals surface area contributed by atoms with Crippen molar-refractivity contribution in [3.63, 3.8) is 0 Å². The van der Waals surface area contributed by atoms with E-state index in [-0.39, 0.29) is 5.91 Å². The first-order chi connectivity index (χ1) is 9.92. The van der Waals surface area contributed by atoms with Crippen LogP contribution in [0.4, 0.5) is 0 Å². The molecule has 114 valence electrons. The van der Waals surface area contributed by atoms with Gasteiger partial charge in [0.25, 0.3) is 0 Å². The quantitative estimate of drug-likeness (QED) is 0.758. The number of aryl methyl sites for hydroxylation is 3. The van der Waals surface area contributed by atoms with Gasteiger partial charge in [0.15, 0.2) is 0 Å². The topological polar surface area (TPSA) is 66.4 Å². The summed E-state index contributed by atoms with van der Waals surface area (Å²) in [6.07, 6.45) is 4.73. The number of carboxylic acid groups (broad SMARTS) is 1. The van der Waals surface area contributed by atoms with E-state index >= 15 is 0 Å². The third-order valence-electron chi connectivity index (χ3n) is 3.16. The molecule has 2 N–H and O–H groups in total. The van der Waals surface area contributed by atoms with Crippen molar-refractivity contribution in [2.75, 3.05) is 0 Å². The third-order valence-corrected chi connectivity index (χ3v) is 3.16. The lowest BCUT2D eigenvalue weighted by Gasteiger charge is -2.12. The predicted molar refractivity (Wildman–Crippen MR) is 83.2 cm³/mol. The van der Waals surface area contributed by atoms with Crippen molar-refractivity contribution >= 4 is 11.9 Å². The van der Waals surface area contributed by atoms with Gasteiger partial charge in [-0.25, -0.2) is 4.79 Å². The first-order valence-corrected chi connectivity index (χ1v) is 7.13. The summed E-state index contributed by atoms with van der Waals surface area (Å²) in [5.41, 5.74) is 3.44. The highest BCUT2D eigenvalue weighted by molar-refractivity contribution is 5.83. The standard InChI is InChI=1S/C17H23NO3/c1-4-5-6-15(17(20)21)18-16(19)8-7-14-10-12(2)9-13(3)11-14/h4-5,9-11,15H,6-8H2,1-3H3,(H,18,19)(H,20,21)/b5-4+. The molecule has 0 saturated carbocycles. The molecule has 0 fully saturated rings. The molecule has 4 nitrogen and oxygen atoms in total. The number of allylic oxidation sites excluding steroid dienone is 1. The van der Waals surface area contributed by atoms with E-state index in [1.807, 2.05) is 20.8 Å². The number of hydrogen-bond acceptors (Lipinski definition) is 2. The molecule has 0 aliphatic heterocycles. The van der Waals surface area contributed by atoms with Gasteiger partial charge in [0.05, 0.1) is 0 Å². The van der Waals surface area contributed by atoms with Crippen LogP contribution in [0.3, 0.4) is 0 Å². The molecular formula is C17H23NO3. The van der Waals surface area contributed by atoms with Gasteiger partial charge in [-0.1, -0.05) is 41.5 Å². The lowest BCUT2D eigenvalue weighted by molar-refractivity contribution is -0.141. The minimum atomic E-state index is -1.01. The Morgan fingerprint density at radius 1 is 1.24 bits per heavy atom. The number of nitrogens with one attached hydrogen (secondary N) is 1. The Kier molecular flexibility index (Phi) is 6.66. The van der Waals surface area contributed by atoms with Crippen molar-refractivity contribution in [3.8, 4) is 0 Å². The van der Waals surface area contributed by atoms with Crippen LogP contribution in [-0.2, 0) is 16.0 Å². The summed E-state index contributed by atoms with van der Waals surface area (Å²) in [7, 11) is 0. The zero-order chi connectivity index (χ0) is 15.8. The smallest absolute Gasteiger partial charge is 0.326 e. The summed E-state index contributed by atoms with van der Waals surface area (Å²) < 4.78 is 0. The molecule has 0 saturated heterocycles. The first-order valence-electron chi connectivity index (χ1n) is 7.13. The molecule has 4 heteroatoms. The number of benzene rings is 1. The van der Waals surface area contributed by atoms with Crippen LogP contribution < -0.4 is 5.32 Å². The van der Waals surface area contributed by atoms with Crippen molar-refractivity contribution in [1.82, 2.24) is 5.32 Å². The Morgan fingerprint density at radius 3 is 2.38 bits per heavy atom. The van der Waals surface area contributed by atoms with Gasteiger partial charge in [-0.2, -0.15) is 0 Å². The summed E-state index contributed by atoms with van der Waals surface area (Å²) >= 11 is 0. The van der Waals surface area contributed by atoms with Crippen LogP contribution in [-0.4, -0.2) is 23.0 Å². The molecule has 0 radical (unpaired) electrons. The highest BCUT2D eigenvalue weighted by atomic mass is 16.4. The molecule has 1 unspecified atom stereocenters. The lowest BCUT2D eigenvalue weighted by Crippen LogP contribution is -2.40. The van der Waals surface area contributed by atoms with Gasteiger partial charge < -0.3 is 10.4 Å². The van der Waals surface area contributed by atoms with Crippen LogP contribution in [0.2, 0.25) is 0 Å². The van der Waals surface area contributed by atoms with Crippen LogP contribution >= 0.6 is 0 Å². The predicted octanol–water partition coefficient (Wildman–Crippen LogP) is 2.77. The Morgan fingerprint density at radius 2 is 1.86 bits per heavy atom. The second kappa shape index (κ2) is 8.25. The van der Waals surface area contributed by atoms with E-state index in [2.05, 4.69) is 23.5 Å². The number of aliphatic carboxylic acids is 1. The van der Waals surface area contributed by atoms with Crippen molar-refractivity contribution < 1.29 is 14.7 Å². The molecule has 1 amide bonds. The average Bonchev–Trinajstić information content (AvgIpc) is 2.39. The SMILES string of the molecule is C/C=C/CC(NC(=O)CCc1cc(C)cc(C)c1)C(=O)O. The van der Waals surface area contributed by atoms with Crippen molar-refractivity contribution in [2.45, 2.75) is 46.1 Å². The monoisotopic (exact) mass is 289 g/mol. The summed E-state index contributed by atoms with van der Waals surface area (Å²) in [4.78, 5) is 22.9. The summed E-state index contributed by atoms with van der Waals surface area (Å²) in [5.74, 6) is -1.24. The maximum absolute atomic E-state index is 11.9. The largest absolute Gasteiger partial charge is 0.480 e. The van der Waals surface area contributed by atoms with E-state index in [4.69, 9.17) is 5.11 Å². The Hall–Kier alpha value is -2.10. The fourth-order valence-corrected chi connectivity index (χ4v) is 2.23. The Labute approximate surface area is 125 Å². The fraction of sp³-hybridized carbons (Fsp3) is 0.412. The summed E-state index contributed by atoms with van der Waals surface area (Å²) in [6.45, 7) is 5.86. The van der Waals surface area contributed by atoms with Crippen molar-refractivity contribution in [1.29, 1.82) is 0 Å². The number of rotatable bonds is 7. The van der Waals surface area contributed by atoms with Gasteiger partial charge in [-0.3, -0.25) is 4.79 Å². The molecule has 0 aliphatic rings. The molecule has 0 spiro atoms. The second-order valence-corrected chi connectivity index (χ2v) is 5.26. The third kappa shape index (κ3) is 6.25. The van der Waals surface area contributed by atoms with Crippen molar-refractivity contribution in [2.24, 2.45) is 0 Å². The van der Waals surface area contributed by atoms with E-state index < -0.39 is 12.0 Å². The normalized spacial score (nSPS) is 12.3. The molecule has 0 aliphatic carbocycles. The van der Waals surface area contributed by atoms with Crippen LogP contribution in [0.1, 0.15) is 36.5 Å². The number of amides is 1. The molecular weight excluding hydrogens is 266 g/mol. The van der Waals surface area contributed by atoms with E-state index in [0.717, 1.165) is 5.56 Å². The van der Waals surface area contributed by atoms with Crippen LogP contribution in [0.15, 0.2) is 30.4 Å². The maximum Gasteiger partial charge on any atom is 0.326 e. The zero-order valence-corrected chi connectivity index (χ0v) is 12.8. The van der Waals surface area contributed by atoms with Gasteiger partial charge in [-0.05, 0) is 39.2 Å². The van der Waals surface area contributed by atoms with Crippen LogP contribution in [0.5, 0.6) is 0 Å². The second-order valence-electron chi connectivity index (χ2n) is 5.26. The van der Waals surface area contributed by atoms with E-state index in [0.29, 0.717) is 19.3 Å². The highest BCUT2D eigenvalue weighted by Gasteiger charge is 2.18. The first kappa shape index (κ1) is 17.0. The summed E-state index contributed by atoms with van der Waals surface area (Å²) in [5, 5.41) is 11.6. The van der Waals surface area contributed by atoms with E-state index in [9.17, 15) is 9.59 Å². The molecule has 1 rings (SSSR count). The molecule has 0 heterocycles. The Balaban J connectivity index is 2.54. The van der Waals surface area contributed by atoms with E-state index in [1.54, 1.807) is 12.2 Å². The summed E-state index contributed by atoms with van der Waals surface area (Å²) in [6, 6.07) is 5.33. The van der Waals surface area contributed by atoms with Gasteiger partial charge in [0.1, 0.15) is 6.04 Å². The highest BCUT2D eigenvalue weighted by Crippen LogP contribution is 2.11. The molecule has 1 aromatic carbocycles. The van der Waals surface area contributed by atoms with Crippen molar-refractivity contribution in [3.05, 3.63) is 47.0 Å². The lowest BCUT2D eigenvalue weighted by atomic mass is 10.0. The van der Waals surface area contributed by atoms with Crippen LogP contribution in [0.25, 0.3) is 0 Å². The van der Waals surface area contributed by atoms with Gasteiger partial charge in [0, 0.05) is 6.42 Å². The molecule has 1 atom stereocenters. The Bertz CT molecular complexity index is 515. The minimum absolute atomic E-state index is 0.230. The number of carbonyl (C=O) groups is 2. The number of carboxylic acids is 1. The van der Waals surface area contributed by atoms with E-state index in [1.165, 1.54) is 11.1 Å². The molecule has 0 bridgehead atoms. The zero-order valence-electron chi connectivity index (χ0n) is 12.8. The fourth-order valence-electron chi connectivity index (χ4n) is 2.23. The van der Waals surface area contributed by atoms with Gasteiger partial charge >= 0.3 is 5.97 Å².